The molecular weight excluding hydrogens is 243 g/mol. The normalized spacial score (nSPS) is 34.2. The fourth-order valence-electron chi connectivity index (χ4n) is 2.90. The molecular formula is C14H25BO4. The maximum Gasteiger partial charge on any atom is 0.462 e. The highest BCUT2D eigenvalue weighted by Crippen LogP contribution is 2.67. The minimum Gasteiger partial charge on any atom is -0.466 e. The quantitative estimate of drug-likeness (QED) is 0.583. The second-order valence-corrected chi connectivity index (χ2v) is 7.20. The fraction of sp³-hybridized carbons (Fsp3) is 0.929. The zero-order valence-corrected chi connectivity index (χ0v) is 13.1. The van der Waals surface area contributed by atoms with E-state index in [1.807, 2.05) is 34.6 Å². The summed E-state index contributed by atoms with van der Waals surface area (Å²) in [6.45, 7) is 14.5. The Morgan fingerprint density at radius 2 is 1.58 bits per heavy atom. The molecule has 0 aromatic carbocycles. The van der Waals surface area contributed by atoms with Crippen molar-refractivity contribution in [2.45, 2.75) is 65.5 Å². The average molecular weight is 268 g/mol. The van der Waals surface area contributed by atoms with Gasteiger partial charge in [-0.25, -0.2) is 0 Å². The number of hydrogen-bond donors (Lipinski definition) is 0. The maximum atomic E-state index is 12.0. The zero-order valence-electron chi connectivity index (χ0n) is 13.1. The molecule has 0 radical (unpaired) electrons. The van der Waals surface area contributed by atoms with Crippen molar-refractivity contribution < 1.29 is 18.8 Å². The van der Waals surface area contributed by atoms with E-state index in [1.165, 1.54) is 0 Å². The summed E-state index contributed by atoms with van der Waals surface area (Å²) in [6, 6.07) is 0. The Kier molecular flexibility index (Phi) is 3.30. The Labute approximate surface area is 116 Å². The van der Waals surface area contributed by atoms with E-state index in [0.717, 1.165) is 0 Å². The number of carbonyl (C=O) groups is 1. The molecule has 1 aliphatic heterocycles. The summed E-state index contributed by atoms with van der Waals surface area (Å²) in [5.41, 5.74) is -0.821. The number of hydrogen-bond acceptors (Lipinski definition) is 4. The van der Waals surface area contributed by atoms with Crippen LogP contribution in [0.5, 0.6) is 0 Å². The van der Waals surface area contributed by atoms with Crippen molar-refractivity contribution in [3.63, 3.8) is 0 Å². The van der Waals surface area contributed by atoms with Crippen LogP contribution in [0.4, 0.5) is 0 Å². The van der Waals surface area contributed by atoms with Gasteiger partial charge in [0.2, 0.25) is 0 Å². The van der Waals surface area contributed by atoms with Crippen molar-refractivity contribution in [3.05, 3.63) is 0 Å². The summed E-state index contributed by atoms with van der Waals surface area (Å²) in [7, 11) is -0.325. The van der Waals surface area contributed by atoms with Crippen molar-refractivity contribution >= 4 is 13.1 Å². The van der Waals surface area contributed by atoms with E-state index in [1.54, 1.807) is 0 Å². The van der Waals surface area contributed by atoms with Gasteiger partial charge in [0, 0.05) is 5.82 Å². The SMILES string of the molecule is CCOC(=O)C1C(B2OC(C)(C)C(C)(C)O2)C1(C)C. The van der Waals surface area contributed by atoms with E-state index in [4.69, 9.17) is 14.0 Å². The molecule has 2 fully saturated rings. The first kappa shape index (κ1) is 14.9. The summed E-state index contributed by atoms with van der Waals surface area (Å²) >= 11 is 0. The zero-order chi connectivity index (χ0) is 14.6. The number of ether oxygens (including phenoxy) is 1. The van der Waals surface area contributed by atoms with Crippen LogP contribution in [0.25, 0.3) is 0 Å². The molecule has 0 N–H and O–H groups in total. The van der Waals surface area contributed by atoms with Gasteiger partial charge in [-0.05, 0) is 40.0 Å². The third kappa shape index (κ3) is 2.21. The summed E-state index contributed by atoms with van der Waals surface area (Å²) in [5, 5.41) is 0. The Balaban J connectivity index is 2.11. The standard InChI is InChI=1S/C14H25BO4/c1-8-17-11(16)9-10(12(9,2)3)15-18-13(4,5)14(6,7)19-15/h9-10H,8H2,1-7H3. The smallest absolute Gasteiger partial charge is 0.462 e. The van der Waals surface area contributed by atoms with Gasteiger partial charge in [-0.3, -0.25) is 4.79 Å². The van der Waals surface area contributed by atoms with Crippen molar-refractivity contribution in [1.82, 2.24) is 0 Å². The highest BCUT2D eigenvalue weighted by molar-refractivity contribution is 6.50. The molecule has 4 nitrogen and oxygen atoms in total. The first-order chi connectivity index (χ1) is 8.54. The third-order valence-electron chi connectivity index (χ3n) is 5.02. The molecule has 1 heterocycles. The second kappa shape index (κ2) is 4.22. The predicted molar refractivity (Wildman–Crippen MR) is 73.7 cm³/mol. The molecule has 1 aliphatic carbocycles. The van der Waals surface area contributed by atoms with Gasteiger partial charge in [0.05, 0.1) is 23.7 Å². The third-order valence-corrected chi connectivity index (χ3v) is 5.02. The topological polar surface area (TPSA) is 44.8 Å². The van der Waals surface area contributed by atoms with Crippen LogP contribution in [0.1, 0.15) is 48.5 Å². The van der Waals surface area contributed by atoms with Crippen LogP contribution in [0, 0.1) is 11.3 Å². The molecule has 5 heteroatoms. The van der Waals surface area contributed by atoms with Crippen molar-refractivity contribution in [2.75, 3.05) is 6.61 Å². The van der Waals surface area contributed by atoms with E-state index in [2.05, 4.69) is 13.8 Å². The molecule has 1 saturated carbocycles. The lowest BCUT2D eigenvalue weighted by Crippen LogP contribution is -2.41. The highest BCUT2D eigenvalue weighted by atomic mass is 16.7. The monoisotopic (exact) mass is 268 g/mol. The summed E-state index contributed by atoms with van der Waals surface area (Å²) < 4.78 is 17.2. The van der Waals surface area contributed by atoms with Crippen LogP contribution < -0.4 is 0 Å². The number of carbonyl (C=O) groups excluding carboxylic acids is 1. The Hall–Kier alpha value is -0.545. The first-order valence-electron chi connectivity index (χ1n) is 7.07. The minimum atomic E-state index is -0.352. The number of esters is 1. The van der Waals surface area contributed by atoms with Gasteiger partial charge in [-0.2, -0.15) is 0 Å². The molecule has 19 heavy (non-hydrogen) atoms. The van der Waals surface area contributed by atoms with Gasteiger partial charge >= 0.3 is 13.1 Å². The molecule has 108 valence electrons. The fourth-order valence-corrected chi connectivity index (χ4v) is 2.90. The average Bonchev–Trinajstić information content (AvgIpc) is 2.71. The van der Waals surface area contributed by atoms with Crippen molar-refractivity contribution in [1.29, 1.82) is 0 Å². The molecule has 0 spiro atoms. The maximum absolute atomic E-state index is 12.0. The van der Waals surface area contributed by atoms with Crippen molar-refractivity contribution in [2.24, 2.45) is 11.3 Å². The van der Waals surface area contributed by atoms with Gasteiger partial charge in [-0.15, -0.1) is 0 Å². The summed E-state index contributed by atoms with van der Waals surface area (Å²) in [6.07, 6.45) is 0. The minimum absolute atomic E-state index is 0.0765. The van der Waals surface area contributed by atoms with Crippen LogP contribution in [0.2, 0.25) is 5.82 Å². The van der Waals surface area contributed by atoms with Crippen LogP contribution in [0.3, 0.4) is 0 Å². The largest absolute Gasteiger partial charge is 0.466 e. The second-order valence-electron chi connectivity index (χ2n) is 7.20. The van der Waals surface area contributed by atoms with Gasteiger partial charge in [-0.1, -0.05) is 13.8 Å². The molecule has 2 unspecified atom stereocenters. The van der Waals surface area contributed by atoms with Gasteiger partial charge in [0.1, 0.15) is 0 Å². The van der Waals surface area contributed by atoms with Gasteiger partial charge < -0.3 is 14.0 Å². The molecule has 2 rings (SSSR count). The molecule has 2 aliphatic rings. The van der Waals surface area contributed by atoms with Crippen LogP contribution in [-0.4, -0.2) is 30.9 Å². The lowest BCUT2D eigenvalue weighted by atomic mass is 9.77. The van der Waals surface area contributed by atoms with Crippen LogP contribution in [0.15, 0.2) is 0 Å². The Bertz CT molecular complexity index is 373. The van der Waals surface area contributed by atoms with E-state index in [9.17, 15) is 4.79 Å². The van der Waals surface area contributed by atoms with Gasteiger partial charge in [0.25, 0.3) is 0 Å². The molecule has 0 aromatic rings. The van der Waals surface area contributed by atoms with Crippen molar-refractivity contribution in [3.8, 4) is 0 Å². The summed E-state index contributed by atoms with van der Waals surface area (Å²) in [4.78, 5) is 12.0. The van der Waals surface area contributed by atoms with Gasteiger partial charge in [0.15, 0.2) is 0 Å². The molecule has 0 bridgehead atoms. The summed E-state index contributed by atoms with van der Waals surface area (Å²) in [5.74, 6) is -0.179. The van der Waals surface area contributed by atoms with Crippen LogP contribution >= 0.6 is 0 Å². The van der Waals surface area contributed by atoms with E-state index >= 15 is 0 Å². The molecule has 1 saturated heterocycles. The predicted octanol–water partition coefficient (Wildman–Crippen LogP) is 2.67. The lowest BCUT2D eigenvalue weighted by Gasteiger charge is -2.32. The Morgan fingerprint density at radius 3 is 2.00 bits per heavy atom. The highest BCUT2D eigenvalue weighted by Gasteiger charge is 2.72. The van der Waals surface area contributed by atoms with Crippen LogP contribution in [-0.2, 0) is 18.8 Å². The molecule has 0 amide bonds. The molecule has 0 aromatic heterocycles. The van der Waals surface area contributed by atoms with E-state index < -0.39 is 0 Å². The Morgan fingerprint density at radius 1 is 1.11 bits per heavy atom. The molecule has 2 atom stereocenters. The first-order valence-corrected chi connectivity index (χ1v) is 7.07. The van der Waals surface area contributed by atoms with E-state index in [0.29, 0.717) is 6.61 Å². The lowest BCUT2D eigenvalue weighted by molar-refractivity contribution is -0.145. The van der Waals surface area contributed by atoms with E-state index in [-0.39, 0.29) is 41.4 Å². The number of rotatable bonds is 3.